The molecule has 4 N–H and O–H groups in total. The fraction of sp³-hybridized carbons (Fsp3) is 0.500. The number of benzene rings is 2. The van der Waals surface area contributed by atoms with Crippen molar-refractivity contribution in [3.05, 3.63) is 118 Å². The van der Waals surface area contributed by atoms with E-state index in [0.717, 1.165) is 28.4 Å². The van der Waals surface area contributed by atoms with Gasteiger partial charge in [-0.05, 0) is 85.6 Å². The van der Waals surface area contributed by atoms with Gasteiger partial charge in [0.1, 0.15) is 35.7 Å². The Morgan fingerprint density at radius 1 is 0.959 bits per heavy atom. The van der Waals surface area contributed by atoms with Crippen LogP contribution in [-0.2, 0) is 54.1 Å². The van der Waals surface area contributed by atoms with Crippen LogP contribution in [0.1, 0.15) is 106 Å². The molecule has 4 heterocycles. The third-order valence-electron chi connectivity index (χ3n) is 16.9. The standard InChI is InChI=1S/C54H62BF2N3O14/c1-28-23-29(2)59-37(28)24-36-20-19-35(60(36)55(59,56)57)21-22-41(64)58-43(33-15-11-9-12-16-33)44(65)50(68)72-38-26-54(69)48(73-49(67)34-17-13-10-14-18-34)46-52(8,39(63)25-40-53(46,27-70-40)74-32(5)62)47(66)45(71-31(4)61)42(30(38)3)51(54,6)7/h9-20,23,36,38-40,43-46,48,63,65,69H,21-22,24-27H2,1-8H3,(H,58,64)/t36?,38-,39-,40+,43-,44+,45+,46-,48-,52+,53-,54+/m0/s1. The van der Waals surface area contributed by atoms with E-state index in [9.17, 15) is 39.3 Å². The van der Waals surface area contributed by atoms with E-state index < -0.39 is 126 Å². The number of hydrogen-bond acceptors (Lipinski definition) is 14. The van der Waals surface area contributed by atoms with Crippen molar-refractivity contribution in [1.82, 2.24) is 9.79 Å². The van der Waals surface area contributed by atoms with Gasteiger partial charge in [-0.3, -0.25) is 19.2 Å². The van der Waals surface area contributed by atoms with Gasteiger partial charge in [-0.2, -0.15) is 0 Å². The highest BCUT2D eigenvalue weighted by molar-refractivity contribution is 6.57. The van der Waals surface area contributed by atoms with Crippen molar-refractivity contribution in [2.45, 2.75) is 147 Å². The number of carbonyl (C=O) groups excluding carboxylic acids is 6. The number of fused-ring (bicyclic) bond motifs is 7. The van der Waals surface area contributed by atoms with Gasteiger partial charge in [0.15, 0.2) is 23.6 Å². The molecule has 17 nitrogen and oxygen atoms in total. The summed E-state index contributed by atoms with van der Waals surface area (Å²) in [5.41, 5.74) is -5.70. The Morgan fingerprint density at radius 3 is 2.24 bits per heavy atom. The third-order valence-corrected chi connectivity index (χ3v) is 16.9. The first-order valence-electron chi connectivity index (χ1n) is 24.9. The second kappa shape index (κ2) is 18.8. The van der Waals surface area contributed by atoms with E-state index in [2.05, 4.69) is 5.32 Å². The van der Waals surface area contributed by atoms with Gasteiger partial charge >= 0.3 is 30.8 Å². The molecule has 74 heavy (non-hydrogen) atoms. The number of nitrogens with one attached hydrogen (secondary N) is 1. The summed E-state index contributed by atoms with van der Waals surface area (Å²) in [5, 5.41) is 40.7. The molecule has 2 aromatic carbocycles. The Balaban J connectivity index is 1.08. The van der Waals surface area contributed by atoms with Gasteiger partial charge in [0.05, 0.1) is 35.6 Å². The van der Waals surface area contributed by atoms with Crippen LogP contribution in [0.2, 0.25) is 0 Å². The van der Waals surface area contributed by atoms with Crippen LogP contribution < -0.4 is 5.32 Å². The van der Waals surface area contributed by atoms with E-state index in [1.807, 2.05) is 0 Å². The van der Waals surface area contributed by atoms with Crippen LogP contribution >= 0.6 is 0 Å². The number of carbonyl (C=O) groups is 6. The van der Waals surface area contributed by atoms with Gasteiger partial charge in [-0.15, -0.1) is 0 Å². The average molecular weight is 1030 g/mol. The van der Waals surface area contributed by atoms with Crippen molar-refractivity contribution >= 4 is 48.2 Å². The van der Waals surface area contributed by atoms with Gasteiger partial charge in [0.25, 0.3) is 0 Å². The van der Waals surface area contributed by atoms with Gasteiger partial charge in [-0.1, -0.05) is 62.4 Å². The number of rotatable bonds is 12. The second-order valence-corrected chi connectivity index (χ2v) is 21.5. The van der Waals surface area contributed by atoms with Crippen LogP contribution in [0.3, 0.4) is 0 Å². The number of Topliss-reactive ketones (excluding diaryl/α,β-unsaturated/α-hetero) is 1. The molecule has 3 aliphatic heterocycles. The molecule has 0 radical (unpaired) electrons. The average Bonchev–Trinajstić information content (AvgIpc) is 3.90. The maximum absolute atomic E-state index is 16.3. The summed E-state index contributed by atoms with van der Waals surface area (Å²) in [5.74, 6) is -7.19. The fourth-order valence-corrected chi connectivity index (χ4v) is 13.2. The maximum atomic E-state index is 16.3. The molecule has 20 heteroatoms. The smallest absolute Gasteiger partial charge is 0.456 e. The van der Waals surface area contributed by atoms with E-state index in [0.29, 0.717) is 17.8 Å². The molecule has 1 amide bonds. The molecule has 394 valence electrons. The van der Waals surface area contributed by atoms with E-state index in [-0.39, 0.29) is 53.9 Å². The molecule has 3 aromatic rings. The molecule has 0 spiro atoms. The molecule has 1 aromatic heterocycles. The number of nitrogens with zero attached hydrogens (tertiary/aromatic N) is 2. The van der Waals surface area contributed by atoms with E-state index >= 15 is 13.4 Å². The Kier molecular flexibility index (Phi) is 13.3. The summed E-state index contributed by atoms with van der Waals surface area (Å²) in [6, 6.07) is 15.4. The first kappa shape index (κ1) is 52.5. The predicted molar refractivity (Wildman–Crippen MR) is 260 cm³/mol. The number of aryl methyl sites for hydroxylation is 2. The van der Waals surface area contributed by atoms with Crippen LogP contribution in [0.15, 0.2) is 90.0 Å². The van der Waals surface area contributed by atoms with Gasteiger partial charge < -0.3 is 61.9 Å². The minimum Gasteiger partial charge on any atom is -0.456 e. The largest absolute Gasteiger partial charge is 0.732 e. The Hall–Kier alpha value is -6.35. The maximum Gasteiger partial charge on any atom is 0.732 e. The number of aliphatic hydroxyl groups excluding tert-OH is 2. The summed E-state index contributed by atoms with van der Waals surface area (Å²) in [4.78, 5) is 84.7. The highest BCUT2D eigenvalue weighted by atomic mass is 19.2. The summed E-state index contributed by atoms with van der Waals surface area (Å²) in [6.07, 6.45) is -7.74. The quantitative estimate of drug-likeness (QED) is 0.0849. The summed E-state index contributed by atoms with van der Waals surface area (Å²) >= 11 is 0. The van der Waals surface area contributed by atoms with Gasteiger partial charge in [-0.25, -0.2) is 9.59 Å². The molecule has 12 atom stereocenters. The van der Waals surface area contributed by atoms with Crippen LogP contribution in [0.5, 0.6) is 0 Å². The molecule has 2 bridgehead atoms. The molecule has 3 aliphatic carbocycles. The number of halogens is 2. The van der Waals surface area contributed by atoms with E-state index in [4.69, 9.17) is 23.7 Å². The lowest BCUT2D eigenvalue weighted by Crippen LogP contribution is -2.82. The van der Waals surface area contributed by atoms with Crippen molar-refractivity contribution in [2.75, 3.05) is 6.61 Å². The Labute approximate surface area is 426 Å². The molecule has 9 rings (SSSR count). The number of ether oxygens (including phenoxy) is 5. The first-order valence-corrected chi connectivity index (χ1v) is 24.9. The number of allylic oxidation sites excluding steroid dienone is 1. The summed E-state index contributed by atoms with van der Waals surface area (Å²) in [7, 11) is 0. The van der Waals surface area contributed by atoms with Crippen molar-refractivity contribution < 1.29 is 80.9 Å². The van der Waals surface area contributed by atoms with Crippen LogP contribution in [0.25, 0.3) is 0 Å². The normalized spacial score (nSPS) is 32.0. The second-order valence-electron chi connectivity index (χ2n) is 21.5. The zero-order chi connectivity index (χ0) is 53.6. The molecule has 3 fully saturated rings. The predicted octanol–water partition coefficient (Wildman–Crippen LogP) is 4.49. The van der Waals surface area contributed by atoms with Gasteiger partial charge in [0, 0.05) is 57.4 Å². The van der Waals surface area contributed by atoms with Crippen LogP contribution in [0, 0.1) is 30.6 Å². The molecule has 1 saturated heterocycles. The summed E-state index contributed by atoms with van der Waals surface area (Å²) < 4.78 is 65.1. The van der Waals surface area contributed by atoms with Crippen LogP contribution in [-0.4, -0.2) is 133 Å². The molecule has 2 saturated carbocycles. The topological polar surface area (TPSA) is 229 Å². The van der Waals surface area contributed by atoms with E-state index in [1.54, 1.807) is 80.6 Å². The summed E-state index contributed by atoms with van der Waals surface area (Å²) in [6.45, 7) is 6.99. The lowest BCUT2D eigenvalue weighted by Gasteiger charge is -2.67. The monoisotopic (exact) mass is 1030 g/mol. The van der Waals surface area contributed by atoms with Crippen molar-refractivity contribution in [3.8, 4) is 0 Å². The lowest BCUT2D eigenvalue weighted by molar-refractivity contribution is -0.457. The fourth-order valence-electron chi connectivity index (χ4n) is 13.2. The van der Waals surface area contributed by atoms with Crippen molar-refractivity contribution in [3.63, 3.8) is 0 Å². The zero-order valence-electron chi connectivity index (χ0n) is 42.5. The molecular formula is C54H62BF2N3O14. The Bertz CT molecular complexity index is 2920. The number of hydrogen-bond donors (Lipinski definition) is 4. The van der Waals surface area contributed by atoms with Crippen molar-refractivity contribution in [2.24, 2.45) is 16.7 Å². The minimum atomic E-state index is -4.25. The minimum absolute atomic E-state index is 0.0392. The van der Waals surface area contributed by atoms with E-state index in [1.165, 1.54) is 39.8 Å². The number of aromatic nitrogens is 1. The lowest BCUT2D eigenvalue weighted by atomic mass is 9.44. The SMILES string of the molecule is CC(=O)O[C@H]1C(=O)[C@@]2(C)[C@H]([C@H](OC(=O)c3ccccc3)[C@]3(O)C[C@H](OC(=O)[C@H](O)[C@@H](NC(=O)CCC4=[N+]5C(C=C4)Cc4c(C)cc(C)n4[B-]5(F)F)c4ccccc4)C(C)=C1C3(C)C)[C@]1(OC(C)=O)CO[C@@H]1C[C@@H]2O. The van der Waals surface area contributed by atoms with Crippen molar-refractivity contribution in [1.29, 1.82) is 0 Å². The number of amides is 1. The Morgan fingerprint density at radius 2 is 1.62 bits per heavy atom. The highest BCUT2D eigenvalue weighted by Crippen LogP contribution is 2.64. The number of aliphatic hydroxyl groups is 3. The molecule has 1 unspecified atom stereocenters. The number of ketones is 1. The van der Waals surface area contributed by atoms with Gasteiger partial charge in [0.2, 0.25) is 5.91 Å². The van der Waals surface area contributed by atoms with Crippen LogP contribution in [0.4, 0.5) is 8.63 Å². The zero-order valence-corrected chi connectivity index (χ0v) is 42.5. The molecular weight excluding hydrogens is 963 g/mol. The number of esters is 4. The highest BCUT2D eigenvalue weighted by Gasteiger charge is 2.78. The molecule has 6 aliphatic rings. The third kappa shape index (κ3) is 8.23. The first-order chi connectivity index (χ1) is 34.8.